The summed E-state index contributed by atoms with van der Waals surface area (Å²) in [6.45, 7) is 0.961. The molecule has 0 aromatic heterocycles. The van der Waals surface area contributed by atoms with E-state index >= 15 is 0 Å². The van der Waals surface area contributed by atoms with Crippen molar-refractivity contribution >= 4 is 12.2 Å². The summed E-state index contributed by atoms with van der Waals surface area (Å²) in [4.78, 5) is 23.2. The maximum absolute atomic E-state index is 11.6. The minimum Gasteiger partial charge on any atom is -0.420 e. The minimum atomic E-state index is -0.205. The zero-order chi connectivity index (χ0) is 16.3. The Kier molecular flexibility index (Phi) is 5.75. The smallest absolute Gasteiger partial charge is 0.420 e. The second kappa shape index (κ2) is 6.75. The van der Waals surface area contributed by atoms with Crippen LogP contribution in [0.5, 0.6) is 0 Å². The van der Waals surface area contributed by atoms with Gasteiger partial charge in [-0.25, -0.2) is 8.97 Å². The highest BCUT2D eigenvalue weighted by atomic mass is 16.6. The van der Waals surface area contributed by atoms with Gasteiger partial charge in [0.1, 0.15) is 0 Å². The maximum Gasteiger partial charge on any atom is 0.515 e. The van der Waals surface area contributed by atoms with Crippen LogP contribution in [0.1, 0.15) is 19.3 Å². The normalized spacial score (nSPS) is 21.8. The quantitative estimate of drug-likeness (QED) is 0.705. The molecule has 1 aliphatic rings. The second-order valence-corrected chi connectivity index (χ2v) is 7.59. The van der Waals surface area contributed by atoms with E-state index in [0.29, 0.717) is 25.0 Å². The summed E-state index contributed by atoms with van der Waals surface area (Å²) in [5, 5.41) is 0. The molecule has 0 saturated heterocycles. The van der Waals surface area contributed by atoms with Crippen LogP contribution in [0.4, 0.5) is 9.59 Å². The van der Waals surface area contributed by atoms with Crippen molar-refractivity contribution in [3.05, 3.63) is 0 Å². The molecule has 0 aromatic rings. The Balaban J connectivity index is 2.08. The van der Waals surface area contributed by atoms with Crippen molar-refractivity contribution in [2.45, 2.75) is 19.3 Å². The van der Waals surface area contributed by atoms with Crippen LogP contribution in [-0.4, -0.2) is 76.7 Å². The van der Waals surface area contributed by atoms with Gasteiger partial charge in [0.15, 0.2) is 0 Å². The molecule has 1 aliphatic carbocycles. The number of carbonyl (C=O) groups is 2. The van der Waals surface area contributed by atoms with Crippen LogP contribution >= 0.6 is 0 Å². The molecule has 0 bridgehead atoms. The van der Waals surface area contributed by atoms with Gasteiger partial charge < -0.3 is 9.47 Å². The Morgan fingerprint density at radius 3 is 1.43 bits per heavy atom. The fourth-order valence-corrected chi connectivity index (χ4v) is 2.00. The summed E-state index contributed by atoms with van der Waals surface area (Å²) in [5.74, 6) is 1.21. The molecular weight excluding hydrogens is 272 g/mol. The Bertz CT molecular complexity index is 346. The van der Waals surface area contributed by atoms with E-state index in [2.05, 4.69) is 0 Å². The molecule has 2 atom stereocenters. The highest BCUT2D eigenvalue weighted by Gasteiger charge is 2.37. The third-order valence-corrected chi connectivity index (χ3v) is 3.59. The summed E-state index contributed by atoms with van der Waals surface area (Å²) >= 11 is 0. The van der Waals surface area contributed by atoms with Crippen LogP contribution in [0.2, 0.25) is 0 Å². The highest BCUT2D eigenvalue weighted by Crippen LogP contribution is 2.43. The van der Waals surface area contributed by atoms with Gasteiger partial charge in [-0.1, -0.05) is 0 Å². The summed E-state index contributed by atoms with van der Waals surface area (Å²) < 4.78 is 10.9. The molecule has 0 unspecified atom stereocenters. The molecule has 0 radical (unpaired) electrons. The average molecular weight is 302 g/mol. The number of quaternary nitrogens is 2. The Labute approximate surface area is 127 Å². The molecule has 122 valence electrons. The van der Waals surface area contributed by atoms with Crippen molar-refractivity contribution in [2.24, 2.45) is 11.8 Å². The fraction of sp³-hybridized carbons (Fsp3) is 0.867. The lowest BCUT2D eigenvalue weighted by molar-refractivity contribution is -0.795. The average Bonchev–Trinajstić information content (AvgIpc) is 3.05. The number of nitrogens with zero attached hydrogens (tertiary/aromatic N) is 2. The summed E-state index contributed by atoms with van der Waals surface area (Å²) in [6, 6.07) is 0. The van der Waals surface area contributed by atoms with E-state index in [0.717, 1.165) is 19.3 Å². The third-order valence-electron chi connectivity index (χ3n) is 3.59. The van der Waals surface area contributed by atoms with Crippen LogP contribution in [0.3, 0.4) is 0 Å². The molecule has 0 N–H and O–H groups in total. The molecule has 6 heteroatoms. The molecule has 0 spiro atoms. The number of hydrogen-bond acceptors (Lipinski definition) is 4. The van der Waals surface area contributed by atoms with Crippen LogP contribution < -0.4 is 0 Å². The first kappa shape index (κ1) is 17.9. The maximum atomic E-state index is 11.6. The fourth-order valence-electron chi connectivity index (χ4n) is 2.00. The first-order valence-corrected chi connectivity index (χ1v) is 7.49. The van der Waals surface area contributed by atoms with E-state index in [-0.39, 0.29) is 21.2 Å². The number of amides is 2. The first-order chi connectivity index (χ1) is 9.51. The van der Waals surface area contributed by atoms with Gasteiger partial charge in [-0.2, -0.15) is 9.59 Å². The molecule has 0 aliphatic heterocycles. The zero-order valence-electron chi connectivity index (χ0n) is 14.2. The van der Waals surface area contributed by atoms with Gasteiger partial charge in [0.25, 0.3) is 0 Å². The summed E-state index contributed by atoms with van der Waals surface area (Å²) in [7, 11) is 10.8. The highest BCUT2D eigenvalue weighted by molar-refractivity contribution is 5.59. The number of carbonyl (C=O) groups excluding carboxylic acids is 2. The van der Waals surface area contributed by atoms with Gasteiger partial charge in [0.05, 0.1) is 55.5 Å². The van der Waals surface area contributed by atoms with E-state index in [1.807, 2.05) is 0 Å². The molecule has 1 rings (SSSR count). The van der Waals surface area contributed by atoms with Gasteiger partial charge in [-0.3, -0.25) is 0 Å². The van der Waals surface area contributed by atoms with Crippen LogP contribution in [0.25, 0.3) is 0 Å². The van der Waals surface area contributed by atoms with Gasteiger partial charge >= 0.3 is 12.2 Å². The van der Waals surface area contributed by atoms with Crippen molar-refractivity contribution in [3.63, 3.8) is 0 Å². The van der Waals surface area contributed by atoms with Crippen LogP contribution in [0.15, 0.2) is 0 Å². The molecule has 6 nitrogen and oxygen atoms in total. The lowest BCUT2D eigenvalue weighted by atomic mass is 10.2. The standard InChI is InChI=1S/C15H30N2O4/c1-16(2,3)14(18)20-9-7-12-11-13(12)8-10-21-15(19)17(4,5)6/h12-13H,7-11H2,1-6H3/q+2/t12-,13-/m1/s1. The van der Waals surface area contributed by atoms with Gasteiger partial charge in [0, 0.05) is 0 Å². The van der Waals surface area contributed by atoms with Gasteiger partial charge in [0.2, 0.25) is 0 Å². The van der Waals surface area contributed by atoms with E-state index in [4.69, 9.17) is 9.47 Å². The molecule has 21 heavy (non-hydrogen) atoms. The largest absolute Gasteiger partial charge is 0.515 e. The van der Waals surface area contributed by atoms with E-state index in [9.17, 15) is 9.59 Å². The molecule has 2 amide bonds. The molecule has 1 saturated carbocycles. The van der Waals surface area contributed by atoms with Crippen molar-refractivity contribution in [1.82, 2.24) is 0 Å². The second-order valence-electron chi connectivity index (χ2n) is 7.59. The number of rotatable bonds is 6. The molecule has 1 fully saturated rings. The van der Waals surface area contributed by atoms with Gasteiger partial charge in [-0.05, 0) is 31.1 Å². The summed E-state index contributed by atoms with van der Waals surface area (Å²) in [5.41, 5.74) is 0. The lowest BCUT2D eigenvalue weighted by Crippen LogP contribution is -2.41. The van der Waals surface area contributed by atoms with Crippen molar-refractivity contribution in [1.29, 1.82) is 0 Å². The summed E-state index contributed by atoms with van der Waals surface area (Å²) in [6.07, 6.45) is 2.54. The van der Waals surface area contributed by atoms with Crippen molar-refractivity contribution < 1.29 is 28.0 Å². The lowest BCUT2D eigenvalue weighted by Gasteiger charge is -2.19. The van der Waals surface area contributed by atoms with Gasteiger partial charge in [-0.15, -0.1) is 0 Å². The monoisotopic (exact) mass is 302 g/mol. The third kappa shape index (κ3) is 6.44. The Morgan fingerprint density at radius 1 is 0.810 bits per heavy atom. The van der Waals surface area contributed by atoms with Crippen molar-refractivity contribution in [3.8, 4) is 0 Å². The van der Waals surface area contributed by atoms with Crippen LogP contribution in [0, 0.1) is 11.8 Å². The Morgan fingerprint density at radius 2 is 1.14 bits per heavy atom. The molecule has 0 aromatic carbocycles. The van der Waals surface area contributed by atoms with E-state index in [1.54, 1.807) is 42.3 Å². The molecule has 0 heterocycles. The topological polar surface area (TPSA) is 52.6 Å². The first-order valence-electron chi connectivity index (χ1n) is 7.49. The molecular formula is C15H30N2O4+2. The predicted octanol–water partition coefficient (Wildman–Crippen LogP) is 2.09. The van der Waals surface area contributed by atoms with E-state index < -0.39 is 0 Å². The predicted molar refractivity (Wildman–Crippen MR) is 79.6 cm³/mol. The number of ether oxygens (including phenoxy) is 2. The minimum absolute atomic E-state index is 0.190. The van der Waals surface area contributed by atoms with E-state index in [1.165, 1.54) is 0 Å². The zero-order valence-corrected chi connectivity index (χ0v) is 14.2. The van der Waals surface area contributed by atoms with Crippen molar-refractivity contribution in [2.75, 3.05) is 55.5 Å². The number of hydrogen-bond donors (Lipinski definition) is 0. The van der Waals surface area contributed by atoms with Crippen LogP contribution in [-0.2, 0) is 9.47 Å². The SMILES string of the molecule is C[N+](C)(C)C(=O)OCC[C@@H]1C[C@H]1CCOC(=O)[N+](C)(C)C. The Hall–Kier alpha value is -1.14.